The molecule has 0 spiro atoms. The fourth-order valence-electron chi connectivity index (χ4n) is 4.31. The number of urea groups is 1. The van der Waals surface area contributed by atoms with Gasteiger partial charge in [-0.2, -0.15) is 0 Å². The Kier molecular flexibility index (Phi) is 9.51. The highest BCUT2D eigenvalue weighted by Crippen LogP contribution is 2.59. The summed E-state index contributed by atoms with van der Waals surface area (Å²) >= 11 is 0. The molecule has 1 aliphatic carbocycles. The molecular weight excluding hydrogens is 580 g/mol. The van der Waals surface area contributed by atoms with Crippen molar-refractivity contribution in [2.45, 2.75) is 56.3 Å². The second-order valence-electron chi connectivity index (χ2n) is 9.13. The van der Waals surface area contributed by atoms with Gasteiger partial charge in [-0.25, -0.2) is 28.6 Å². The van der Waals surface area contributed by atoms with Crippen molar-refractivity contribution in [3.8, 4) is 0 Å². The molecule has 222 valence electrons. The van der Waals surface area contributed by atoms with E-state index in [0.717, 1.165) is 32.0 Å². The number of carbonyl (C=O) groups excluding carboxylic acids is 1. The molecule has 8 N–H and O–H groups in total. The lowest BCUT2D eigenvalue weighted by Crippen LogP contribution is -2.36. The van der Waals surface area contributed by atoms with Gasteiger partial charge in [0.05, 0.1) is 25.8 Å². The summed E-state index contributed by atoms with van der Waals surface area (Å²) in [4.78, 5) is 54.7. The molecule has 19 nitrogen and oxygen atoms in total. The summed E-state index contributed by atoms with van der Waals surface area (Å²) in [5.41, 5.74) is 0.299. The molecule has 2 amide bonds. The summed E-state index contributed by atoms with van der Waals surface area (Å²) in [6.45, 7) is -1.55. The first-order valence-corrected chi connectivity index (χ1v) is 15.3. The maximum atomic E-state index is 12.4. The van der Waals surface area contributed by atoms with Gasteiger partial charge in [0.15, 0.2) is 23.2 Å². The molecule has 3 heterocycles. The lowest BCUT2D eigenvalue weighted by molar-refractivity contribution is -0.135. The van der Waals surface area contributed by atoms with Crippen LogP contribution >= 0.6 is 15.4 Å². The molecule has 1 aliphatic heterocycles. The first kappa shape index (κ1) is 30.4. The second kappa shape index (κ2) is 12.5. The number of nitrogens with zero attached hydrogens (tertiary/aromatic N) is 4. The predicted molar refractivity (Wildman–Crippen MR) is 133 cm³/mol. The minimum atomic E-state index is -5.19. The van der Waals surface area contributed by atoms with Crippen LogP contribution < -0.4 is 16.0 Å². The Labute approximate surface area is 226 Å². The Morgan fingerprint density at radius 3 is 2.55 bits per heavy atom. The van der Waals surface area contributed by atoms with Crippen LogP contribution in [-0.4, -0.2) is 100 Å². The number of hydrogen-bond donors (Lipinski definition) is 8. The molecule has 4 rings (SSSR count). The van der Waals surface area contributed by atoms with Crippen molar-refractivity contribution >= 4 is 44.4 Å². The number of rotatable bonds is 12. The number of nitrogens with one attached hydrogen (secondary N) is 3. The van der Waals surface area contributed by atoms with Crippen molar-refractivity contribution in [2.75, 3.05) is 24.8 Å². The number of aromatic nitrogens is 4. The average molecular weight is 609 g/mol. The fraction of sp³-hybridized carbons (Fsp3) is 0.632. The Balaban J connectivity index is 1.39. The molecular formula is C19H29N7O12P2. The number of aliphatic carboxylic acids is 1. The maximum absolute atomic E-state index is 12.4. The van der Waals surface area contributed by atoms with E-state index in [1.807, 2.05) is 0 Å². The number of aliphatic hydroxyl groups is 2. The van der Waals surface area contributed by atoms with Gasteiger partial charge in [-0.1, -0.05) is 12.8 Å². The van der Waals surface area contributed by atoms with E-state index < -0.39 is 71.4 Å². The molecule has 3 unspecified atom stereocenters. The van der Waals surface area contributed by atoms with E-state index in [0.29, 0.717) is 0 Å². The van der Waals surface area contributed by atoms with E-state index in [1.54, 1.807) is 0 Å². The summed E-state index contributed by atoms with van der Waals surface area (Å²) in [6, 6.07) is -0.401. The van der Waals surface area contributed by atoms with Crippen LogP contribution in [0.3, 0.4) is 0 Å². The number of carboxylic acids is 1. The molecule has 40 heavy (non-hydrogen) atoms. The number of carbonyl (C=O) groups is 2. The zero-order valence-corrected chi connectivity index (χ0v) is 22.6. The standard InChI is InChI=1S/C19H29N7O12P2/c27-12(28)5-20-9-39(32,33)38-40(34,35)36-6-11-14(29)15(30)18(37-11)26-8-23-13-16(21-7-22-17(13)26)25-19(31)24-10-3-1-2-4-10/h7-8,10-11,14-15,18,20,29-30H,1-6,9H2,(H,27,28)(H,32,33)(H,34,35)(H2,21,22,24,25,31)/t11-,14?,15+,18-/m1/s1. The first-order chi connectivity index (χ1) is 18.8. The van der Waals surface area contributed by atoms with Gasteiger partial charge in [0.25, 0.3) is 0 Å². The molecule has 0 aromatic carbocycles. The minimum absolute atomic E-state index is 0.0649. The Morgan fingerprint density at radius 2 is 1.85 bits per heavy atom. The second-order valence-corrected chi connectivity index (χ2v) is 12.6. The molecule has 2 aromatic rings. The van der Waals surface area contributed by atoms with E-state index in [2.05, 4.69) is 39.7 Å². The van der Waals surface area contributed by atoms with E-state index in [1.165, 1.54) is 10.9 Å². The predicted octanol–water partition coefficient (Wildman–Crippen LogP) is -0.540. The lowest BCUT2D eigenvalue weighted by atomic mass is 10.1. The summed E-state index contributed by atoms with van der Waals surface area (Å²) in [5, 5.41) is 37.1. The molecule has 6 atom stereocenters. The molecule has 21 heteroatoms. The van der Waals surface area contributed by atoms with Crippen LogP contribution in [0.25, 0.3) is 11.2 Å². The fourth-order valence-corrected chi connectivity index (χ4v) is 6.75. The summed E-state index contributed by atoms with van der Waals surface area (Å²) in [6.07, 6.45) is -0.670. The van der Waals surface area contributed by atoms with Crippen LogP contribution in [0.4, 0.5) is 10.6 Å². The van der Waals surface area contributed by atoms with Crippen LogP contribution in [0.15, 0.2) is 12.7 Å². The Morgan fingerprint density at radius 1 is 1.12 bits per heavy atom. The topological polar surface area (TPSA) is 277 Å². The maximum Gasteiger partial charge on any atom is 0.479 e. The molecule has 2 fully saturated rings. The monoisotopic (exact) mass is 609 g/mol. The first-order valence-electron chi connectivity index (χ1n) is 12.0. The molecule has 2 aromatic heterocycles. The number of amides is 2. The number of carboxylic acid groups (broad SMARTS) is 1. The smallest absolute Gasteiger partial charge is 0.479 e. The number of phosphoric acid groups is 1. The van der Waals surface area contributed by atoms with Crippen LogP contribution in [0.2, 0.25) is 0 Å². The van der Waals surface area contributed by atoms with Gasteiger partial charge in [0.2, 0.25) is 0 Å². The van der Waals surface area contributed by atoms with Gasteiger partial charge < -0.3 is 35.2 Å². The molecule has 2 aliphatic rings. The van der Waals surface area contributed by atoms with Crippen molar-refractivity contribution < 1.29 is 57.4 Å². The van der Waals surface area contributed by atoms with E-state index in [4.69, 9.17) is 9.84 Å². The van der Waals surface area contributed by atoms with Gasteiger partial charge in [-0.15, -0.1) is 0 Å². The largest absolute Gasteiger partial charge is 0.480 e. The lowest BCUT2D eigenvalue weighted by Gasteiger charge is -2.19. The Bertz CT molecular complexity index is 1320. The third kappa shape index (κ3) is 7.58. The van der Waals surface area contributed by atoms with Gasteiger partial charge >= 0.3 is 27.4 Å². The van der Waals surface area contributed by atoms with Gasteiger partial charge in [-0.05, 0) is 12.8 Å². The van der Waals surface area contributed by atoms with Crippen molar-refractivity contribution in [1.29, 1.82) is 0 Å². The SMILES string of the molecule is O=C(O)CNCP(=O)(O)OP(=O)(O)OC[C@H]1O[C@@H](n2cnc3c(NC(=O)NC4CCCC4)ncnc32)[C@@H](O)C1O. The number of fused-ring (bicyclic) bond motifs is 1. The van der Waals surface area contributed by atoms with Gasteiger partial charge in [0, 0.05) is 6.04 Å². The zero-order chi connectivity index (χ0) is 29.1. The highest BCUT2D eigenvalue weighted by molar-refractivity contribution is 7.63. The Hall–Kier alpha value is -2.57. The third-order valence-electron chi connectivity index (χ3n) is 6.11. The molecule has 1 saturated carbocycles. The molecule has 0 radical (unpaired) electrons. The highest BCUT2D eigenvalue weighted by atomic mass is 31.3. The number of anilines is 1. The number of phosphoric ester groups is 1. The number of aliphatic hydroxyl groups excluding tert-OH is 2. The summed E-state index contributed by atoms with van der Waals surface area (Å²) < 4.78 is 39.9. The average Bonchev–Trinajstić information content (AvgIpc) is 3.58. The number of imidazole rings is 1. The van der Waals surface area contributed by atoms with Gasteiger partial charge in [0.1, 0.15) is 24.6 Å². The van der Waals surface area contributed by atoms with Crippen LogP contribution in [0.5, 0.6) is 0 Å². The highest BCUT2D eigenvalue weighted by Gasteiger charge is 2.46. The number of hydrogen-bond acceptors (Lipinski definition) is 13. The van der Waals surface area contributed by atoms with E-state index >= 15 is 0 Å². The van der Waals surface area contributed by atoms with Crippen molar-refractivity contribution in [1.82, 2.24) is 30.2 Å². The summed E-state index contributed by atoms with van der Waals surface area (Å²) in [5.74, 6) is -1.24. The van der Waals surface area contributed by atoms with Crippen molar-refractivity contribution in [3.05, 3.63) is 12.7 Å². The summed E-state index contributed by atoms with van der Waals surface area (Å²) in [7, 11) is -9.97. The van der Waals surface area contributed by atoms with Crippen molar-refractivity contribution in [3.63, 3.8) is 0 Å². The number of ether oxygens (including phenoxy) is 1. The van der Waals surface area contributed by atoms with Crippen LogP contribution in [-0.2, 0) is 27.5 Å². The van der Waals surface area contributed by atoms with Crippen LogP contribution in [0.1, 0.15) is 31.9 Å². The third-order valence-corrected chi connectivity index (χ3v) is 9.06. The van der Waals surface area contributed by atoms with E-state index in [9.17, 15) is 38.7 Å². The zero-order valence-electron chi connectivity index (χ0n) is 20.8. The van der Waals surface area contributed by atoms with Crippen molar-refractivity contribution in [2.24, 2.45) is 0 Å². The van der Waals surface area contributed by atoms with E-state index in [-0.39, 0.29) is 23.0 Å². The van der Waals surface area contributed by atoms with Crippen LogP contribution in [0, 0.1) is 0 Å². The molecule has 0 bridgehead atoms. The van der Waals surface area contributed by atoms with Gasteiger partial charge in [-0.3, -0.25) is 29.1 Å². The minimum Gasteiger partial charge on any atom is -0.480 e. The normalized spacial score (nSPS) is 26.4. The quantitative estimate of drug-likeness (QED) is 0.140. The molecule has 1 saturated heterocycles.